The minimum atomic E-state index is -0.330. The first kappa shape index (κ1) is 10.7. The van der Waals surface area contributed by atoms with Crippen molar-refractivity contribution < 1.29 is 9.13 Å². The van der Waals surface area contributed by atoms with Crippen molar-refractivity contribution in [3.8, 4) is 11.6 Å². The Morgan fingerprint density at radius 1 is 1.25 bits per heavy atom. The molecule has 82 valence electrons. The van der Waals surface area contributed by atoms with E-state index in [0.717, 1.165) is 0 Å². The average Bonchev–Trinajstić information content (AvgIpc) is 2.25. The molecule has 16 heavy (non-hydrogen) atoms. The number of pyridine rings is 1. The molecule has 0 amide bonds. The number of halogens is 2. The van der Waals surface area contributed by atoms with Crippen LogP contribution in [0.4, 0.5) is 10.1 Å². The van der Waals surface area contributed by atoms with Gasteiger partial charge in [0.2, 0.25) is 5.88 Å². The maximum absolute atomic E-state index is 12.6. The van der Waals surface area contributed by atoms with Crippen LogP contribution in [-0.2, 0) is 0 Å². The molecule has 3 nitrogen and oxygen atoms in total. The second-order valence-corrected chi connectivity index (χ2v) is 3.52. The summed E-state index contributed by atoms with van der Waals surface area (Å²) in [7, 11) is 0. The molecule has 0 saturated carbocycles. The van der Waals surface area contributed by atoms with Crippen molar-refractivity contribution in [3.05, 3.63) is 47.4 Å². The van der Waals surface area contributed by atoms with Crippen molar-refractivity contribution in [3.63, 3.8) is 0 Å². The molecule has 0 fully saturated rings. The Balaban J connectivity index is 2.23. The molecule has 5 heteroatoms. The Morgan fingerprint density at radius 2 is 1.94 bits per heavy atom. The molecule has 0 unspecified atom stereocenters. The lowest BCUT2D eigenvalue weighted by molar-refractivity contribution is 0.462. The van der Waals surface area contributed by atoms with Crippen LogP contribution in [-0.4, -0.2) is 4.98 Å². The maximum Gasteiger partial charge on any atom is 0.238 e. The number of rotatable bonds is 2. The molecule has 2 N–H and O–H groups in total. The number of nitrogens with zero attached hydrogens (tertiary/aromatic N) is 1. The van der Waals surface area contributed by atoms with Crippen LogP contribution in [0, 0.1) is 5.82 Å². The molecule has 1 heterocycles. The first-order valence-corrected chi connectivity index (χ1v) is 4.87. The van der Waals surface area contributed by atoms with Gasteiger partial charge in [0.25, 0.3) is 0 Å². The highest BCUT2D eigenvalue weighted by molar-refractivity contribution is 6.32. The minimum Gasteiger partial charge on any atom is -0.438 e. The quantitative estimate of drug-likeness (QED) is 0.874. The van der Waals surface area contributed by atoms with Gasteiger partial charge < -0.3 is 10.5 Å². The molecule has 0 spiro atoms. The third-order valence-electron chi connectivity index (χ3n) is 1.86. The highest BCUT2D eigenvalue weighted by Gasteiger charge is 2.05. The van der Waals surface area contributed by atoms with E-state index >= 15 is 0 Å². The van der Waals surface area contributed by atoms with Crippen molar-refractivity contribution in [2.75, 3.05) is 5.73 Å². The SMILES string of the molecule is Nc1cnc(Oc2ccc(F)cc2)c(Cl)c1. The number of ether oxygens (including phenoxy) is 1. The zero-order chi connectivity index (χ0) is 11.5. The van der Waals surface area contributed by atoms with Gasteiger partial charge in [-0.1, -0.05) is 11.6 Å². The molecule has 1 aromatic carbocycles. The predicted octanol–water partition coefficient (Wildman–Crippen LogP) is 3.25. The summed E-state index contributed by atoms with van der Waals surface area (Å²) in [5.74, 6) is 0.367. The van der Waals surface area contributed by atoms with Crippen molar-refractivity contribution in [1.82, 2.24) is 4.98 Å². The van der Waals surface area contributed by atoms with Crippen molar-refractivity contribution in [2.45, 2.75) is 0 Å². The van der Waals surface area contributed by atoms with E-state index in [2.05, 4.69) is 4.98 Å². The van der Waals surface area contributed by atoms with Gasteiger partial charge >= 0.3 is 0 Å². The van der Waals surface area contributed by atoms with E-state index < -0.39 is 0 Å². The van der Waals surface area contributed by atoms with E-state index in [0.29, 0.717) is 16.5 Å². The smallest absolute Gasteiger partial charge is 0.238 e. The van der Waals surface area contributed by atoms with Gasteiger partial charge in [-0.05, 0) is 30.3 Å². The minimum absolute atomic E-state index is 0.238. The predicted molar refractivity (Wildman–Crippen MR) is 60.1 cm³/mol. The fourth-order valence-electron chi connectivity index (χ4n) is 1.13. The standard InChI is InChI=1S/C11H8ClFN2O/c12-10-5-8(14)6-15-11(10)16-9-3-1-7(13)2-4-9/h1-6H,14H2. The number of nitrogens with two attached hydrogens (primary N) is 1. The van der Waals surface area contributed by atoms with Crippen LogP contribution in [0.25, 0.3) is 0 Å². The maximum atomic E-state index is 12.6. The Labute approximate surface area is 96.6 Å². The Kier molecular flexibility index (Phi) is 2.92. The Hall–Kier alpha value is -1.81. The lowest BCUT2D eigenvalue weighted by Crippen LogP contribution is -1.92. The van der Waals surface area contributed by atoms with Crippen LogP contribution in [0.2, 0.25) is 5.02 Å². The molecule has 0 aliphatic rings. The van der Waals surface area contributed by atoms with Gasteiger partial charge in [0.05, 0.1) is 11.9 Å². The Morgan fingerprint density at radius 3 is 2.56 bits per heavy atom. The van der Waals surface area contributed by atoms with Gasteiger partial charge in [0.1, 0.15) is 16.6 Å². The topological polar surface area (TPSA) is 48.1 Å². The summed E-state index contributed by atoms with van der Waals surface area (Å²) in [6, 6.07) is 7.10. The van der Waals surface area contributed by atoms with Crippen molar-refractivity contribution >= 4 is 17.3 Å². The highest BCUT2D eigenvalue weighted by Crippen LogP contribution is 2.28. The summed E-state index contributed by atoms with van der Waals surface area (Å²) in [5.41, 5.74) is 5.94. The molecule has 0 radical (unpaired) electrons. The molecule has 0 aliphatic carbocycles. The summed E-state index contributed by atoms with van der Waals surface area (Å²) in [4.78, 5) is 3.92. The van der Waals surface area contributed by atoms with E-state index in [9.17, 15) is 4.39 Å². The second-order valence-electron chi connectivity index (χ2n) is 3.11. The summed E-state index contributed by atoms with van der Waals surface area (Å²) in [6.07, 6.45) is 1.44. The Bertz CT molecular complexity index is 502. The van der Waals surface area contributed by atoms with Gasteiger partial charge in [-0.15, -0.1) is 0 Å². The van der Waals surface area contributed by atoms with Gasteiger partial charge in [-0.2, -0.15) is 0 Å². The summed E-state index contributed by atoms with van der Waals surface area (Å²) < 4.78 is 18.0. The molecule has 2 rings (SSSR count). The van der Waals surface area contributed by atoms with Crippen LogP contribution in [0.1, 0.15) is 0 Å². The monoisotopic (exact) mass is 238 g/mol. The molecule has 0 atom stereocenters. The van der Waals surface area contributed by atoms with Crippen LogP contribution in [0.15, 0.2) is 36.5 Å². The van der Waals surface area contributed by atoms with Gasteiger partial charge in [-0.25, -0.2) is 9.37 Å². The van der Waals surface area contributed by atoms with Crippen molar-refractivity contribution in [1.29, 1.82) is 0 Å². The van der Waals surface area contributed by atoms with E-state index in [1.54, 1.807) is 0 Å². The molecule has 0 aliphatic heterocycles. The molecule has 2 aromatic rings. The molecular weight excluding hydrogens is 231 g/mol. The van der Waals surface area contributed by atoms with Crippen LogP contribution >= 0.6 is 11.6 Å². The van der Waals surface area contributed by atoms with E-state index in [1.807, 2.05) is 0 Å². The van der Waals surface area contributed by atoms with Gasteiger partial charge in [-0.3, -0.25) is 0 Å². The summed E-state index contributed by atoms with van der Waals surface area (Å²) in [6.45, 7) is 0. The average molecular weight is 239 g/mol. The first-order chi connectivity index (χ1) is 7.65. The first-order valence-electron chi connectivity index (χ1n) is 4.49. The fourth-order valence-corrected chi connectivity index (χ4v) is 1.34. The summed E-state index contributed by atoms with van der Waals surface area (Å²) >= 11 is 5.87. The van der Waals surface area contributed by atoms with E-state index in [4.69, 9.17) is 22.1 Å². The largest absolute Gasteiger partial charge is 0.438 e. The number of anilines is 1. The van der Waals surface area contributed by atoms with E-state index in [1.165, 1.54) is 36.5 Å². The molecule has 1 aromatic heterocycles. The lowest BCUT2D eigenvalue weighted by Gasteiger charge is -2.06. The zero-order valence-electron chi connectivity index (χ0n) is 8.15. The number of benzene rings is 1. The van der Waals surface area contributed by atoms with Crippen molar-refractivity contribution in [2.24, 2.45) is 0 Å². The molecule has 0 saturated heterocycles. The molecule has 0 bridgehead atoms. The highest BCUT2D eigenvalue weighted by atomic mass is 35.5. The van der Waals surface area contributed by atoms with Crippen LogP contribution in [0.5, 0.6) is 11.6 Å². The third kappa shape index (κ3) is 2.41. The number of nitrogen functional groups attached to an aromatic ring is 1. The summed E-state index contributed by atoms with van der Waals surface area (Å²) in [5, 5.41) is 0.310. The van der Waals surface area contributed by atoms with Gasteiger partial charge in [0, 0.05) is 0 Å². The van der Waals surface area contributed by atoms with Crippen LogP contribution in [0.3, 0.4) is 0 Å². The number of aromatic nitrogens is 1. The normalized spacial score (nSPS) is 10.1. The molecular formula is C11H8ClFN2O. The van der Waals surface area contributed by atoms with Gasteiger partial charge in [0.15, 0.2) is 0 Å². The number of hydrogen-bond donors (Lipinski definition) is 1. The zero-order valence-corrected chi connectivity index (χ0v) is 8.91. The van der Waals surface area contributed by atoms with Crippen LogP contribution < -0.4 is 10.5 Å². The second kappa shape index (κ2) is 4.37. The third-order valence-corrected chi connectivity index (χ3v) is 2.13. The fraction of sp³-hybridized carbons (Fsp3) is 0. The van der Waals surface area contributed by atoms with E-state index in [-0.39, 0.29) is 11.7 Å². The number of hydrogen-bond acceptors (Lipinski definition) is 3. The lowest BCUT2D eigenvalue weighted by atomic mass is 10.3.